The van der Waals surface area contributed by atoms with Gasteiger partial charge in [0.05, 0.1) is 28.4 Å². The zero-order chi connectivity index (χ0) is 19.9. The lowest BCUT2D eigenvalue weighted by Gasteiger charge is -2.09. The van der Waals surface area contributed by atoms with E-state index in [2.05, 4.69) is 15.6 Å². The van der Waals surface area contributed by atoms with Gasteiger partial charge in [0.2, 0.25) is 0 Å². The highest BCUT2D eigenvalue weighted by Gasteiger charge is 2.14. The molecule has 7 heteroatoms. The smallest absolute Gasteiger partial charge is 0.252 e. The van der Waals surface area contributed by atoms with E-state index in [0.29, 0.717) is 10.7 Å². The monoisotopic (exact) mass is 412 g/mol. The van der Waals surface area contributed by atoms with Crippen molar-refractivity contribution in [3.05, 3.63) is 82.6 Å². The number of hydrazone groups is 1. The van der Waals surface area contributed by atoms with Gasteiger partial charge in [-0.15, -0.1) is 11.8 Å². The van der Waals surface area contributed by atoms with Gasteiger partial charge >= 0.3 is 0 Å². The SMILES string of the molecule is Cc1c(C=NNC(=O)C(C)SCc2ccccc2)c(Cl)nn1-c1ccccc1. The maximum absolute atomic E-state index is 12.3. The predicted octanol–water partition coefficient (Wildman–Crippen LogP) is 4.61. The predicted molar refractivity (Wildman–Crippen MR) is 116 cm³/mol. The Bertz CT molecular complexity index is 957. The van der Waals surface area contributed by atoms with Crippen molar-refractivity contribution in [2.24, 2.45) is 5.10 Å². The van der Waals surface area contributed by atoms with Crippen LogP contribution in [0.15, 0.2) is 65.8 Å². The molecule has 28 heavy (non-hydrogen) atoms. The Balaban J connectivity index is 1.60. The molecule has 0 aliphatic rings. The fourth-order valence-corrected chi connectivity index (χ4v) is 3.67. The average Bonchev–Trinajstić information content (AvgIpc) is 3.01. The van der Waals surface area contributed by atoms with Crippen LogP contribution in [0.25, 0.3) is 5.69 Å². The molecule has 1 atom stereocenters. The first-order valence-corrected chi connectivity index (χ1v) is 10.3. The number of carbonyl (C=O) groups is 1. The van der Waals surface area contributed by atoms with E-state index in [-0.39, 0.29) is 11.2 Å². The minimum Gasteiger partial charge on any atom is -0.272 e. The molecule has 0 fully saturated rings. The summed E-state index contributed by atoms with van der Waals surface area (Å²) in [4.78, 5) is 12.3. The minimum absolute atomic E-state index is 0.151. The molecule has 1 unspecified atom stereocenters. The van der Waals surface area contributed by atoms with Crippen LogP contribution >= 0.6 is 23.4 Å². The number of nitrogens with one attached hydrogen (secondary N) is 1. The maximum atomic E-state index is 12.3. The molecule has 0 aliphatic heterocycles. The molecule has 0 saturated carbocycles. The quantitative estimate of drug-likeness (QED) is 0.455. The number of carbonyl (C=O) groups excluding carboxylic acids is 1. The molecule has 0 radical (unpaired) electrons. The van der Waals surface area contributed by atoms with Crippen molar-refractivity contribution in [3.63, 3.8) is 0 Å². The van der Waals surface area contributed by atoms with Gasteiger partial charge < -0.3 is 0 Å². The van der Waals surface area contributed by atoms with E-state index < -0.39 is 0 Å². The molecule has 5 nitrogen and oxygen atoms in total. The number of halogens is 1. The zero-order valence-corrected chi connectivity index (χ0v) is 17.2. The van der Waals surface area contributed by atoms with Gasteiger partial charge in [0.15, 0.2) is 5.15 Å². The number of nitrogens with zero attached hydrogens (tertiary/aromatic N) is 3. The fraction of sp³-hybridized carbons (Fsp3) is 0.190. The van der Waals surface area contributed by atoms with E-state index in [4.69, 9.17) is 11.6 Å². The number of amides is 1. The van der Waals surface area contributed by atoms with Crippen LogP contribution in [-0.4, -0.2) is 27.2 Å². The lowest BCUT2D eigenvalue weighted by atomic mass is 10.2. The molecule has 1 aromatic heterocycles. The van der Waals surface area contributed by atoms with E-state index in [1.807, 2.05) is 74.5 Å². The second-order valence-corrected chi connectivity index (χ2v) is 7.90. The van der Waals surface area contributed by atoms with Gasteiger partial charge in [-0.2, -0.15) is 10.2 Å². The first-order valence-electron chi connectivity index (χ1n) is 8.85. The summed E-state index contributed by atoms with van der Waals surface area (Å²) >= 11 is 7.82. The largest absolute Gasteiger partial charge is 0.272 e. The Morgan fingerprint density at radius 3 is 2.54 bits per heavy atom. The third kappa shape index (κ3) is 5.03. The van der Waals surface area contributed by atoms with Crippen molar-refractivity contribution >= 4 is 35.5 Å². The van der Waals surface area contributed by atoms with Crippen molar-refractivity contribution in [1.82, 2.24) is 15.2 Å². The standard InChI is InChI=1S/C21H21ClN4OS/c1-15-19(20(22)25-26(15)18-11-7-4-8-12-18)13-23-24-21(27)16(2)28-14-17-9-5-3-6-10-17/h3-13,16H,14H2,1-2H3,(H,24,27). The molecular weight excluding hydrogens is 392 g/mol. The average molecular weight is 413 g/mol. The number of benzene rings is 2. The lowest BCUT2D eigenvalue weighted by Crippen LogP contribution is -2.27. The number of para-hydroxylation sites is 1. The molecule has 2 aromatic carbocycles. The van der Waals surface area contributed by atoms with Gasteiger partial charge in [-0.25, -0.2) is 10.1 Å². The first kappa shape index (κ1) is 20.2. The molecular formula is C21H21ClN4OS. The van der Waals surface area contributed by atoms with Crippen LogP contribution in [0.5, 0.6) is 0 Å². The highest BCUT2D eigenvalue weighted by Crippen LogP contribution is 2.21. The summed E-state index contributed by atoms with van der Waals surface area (Å²) in [5.41, 5.74) is 6.21. The van der Waals surface area contributed by atoms with Crippen molar-refractivity contribution in [2.45, 2.75) is 24.9 Å². The highest BCUT2D eigenvalue weighted by molar-refractivity contribution is 7.99. The Morgan fingerprint density at radius 1 is 1.21 bits per heavy atom. The van der Waals surface area contributed by atoms with Crippen LogP contribution in [0.2, 0.25) is 5.15 Å². The molecule has 0 aliphatic carbocycles. The van der Waals surface area contributed by atoms with Gasteiger partial charge in [0.1, 0.15) is 0 Å². The van der Waals surface area contributed by atoms with Crippen molar-refractivity contribution in [3.8, 4) is 5.69 Å². The summed E-state index contributed by atoms with van der Waals surface area (Å²) in [6, 6.07) is 19.8. The van der Waals surface area contributed by atoms with E-state index >= 15 is 0 Å². The summed E-state index contributed by atoms with van der Waals surface area (Å²) < 4.78 is 1.75. The van der Waals surface area contributed by atoms with E-state index in [9.17, 15) is 4.79 Å². The molecule has 0 bridgehead atoms. The van der Waals surface area contributed by atoms with Crippen LogP contribution in [0.3, 0.4) is 0 Å². The summed E-state index contributed by atoms with van der Waals surface area (Å²) in [5, 5.41) is 8.54. The van der Waals surface area contributed by atoms with Crippen LogP contribution in [0.1, 0.15) is 23.7 Å². The van der Waals surface area contributed by atoms with Crippen molar-refractivity contribution in [2.75, 3.05) is 0 Å². The molecule has 144 valence electrons. The van der Waals surface area contributed by atoms with Gasteiger partial charge in [-0.05, 0) is 31.5 Å². The van der Waals surface area contributed by atoms with Crippen LogP contribution < -0.4 is 5.43 Å². The van der Waals surface area contributed by atoms with Gasteiger partial charge in [0, 0.05) is 5.75 Å². The molecule has 3 aromatic rings. The molecule has 1 heterocycles. The summed E-state index contributed by atoms with van der Waals surface area (Å²) in [5.74, 6) is 0.620. The minimum atomic E-state index is -0.221. The third-order valence-electron chi connectivity index (χ3n) is 4.20. The molecule has 0 spiro atoms. The highest BCUT2D eigenvalue weighted by atomic mass is 35.5. The van der Waals surface area contributed by atoms with E-state index in [0.717, 1.165) is 17.1 Å². The Hall–Kier alpha value is -2.57. The van der Waals surface area contributed by atoms with E-state index in [1.54, 1.807) is 16.4 Å². The number of thioether (sulfide) groups is 1. The topological polar surface area (TPSA) is 59.3 Å². The number of hydrogen-bond donors (Lipinski definition) is 1. The van der Waals surface area contributed by atoms with Crippen molar-refractivity contribution in [1.29, 1.82) is 0 Å². The Labute approximate surface area is 173 Å². The first-order chi connectivity index (χ1) is 13.6. The van der Waals surface area contributed by atoms with Gasteiger partial charge in [-0.1, -0.05) is 60.1 Å². The van der Waals surface area contributed by atoms with Crippen LogP contribution in [0.4, 0.5) is 0 Å². The Kier molecular flexibility index (Phi) is 6.90. The van der Waals surface area contributed by atoms with E-state index in [1.165, 1.54) is 11.8 Å². The molecule has 1 amide bonds. The maximum Gasteiger partial charge on any atom is 0.252 e. The number of hydrogen-bond acceptors (Lipinski definition) is 4. The zero-order valence-electron chi connectivity index (χ0n) is 15.7. The second kappa shape index (κ2) is 9.57. The summed E-state index contributed by atoms with van der Waals surface area (Å²) in [6.45, 7) is 3.78. The molecule has 0 saturated heterocycles. The molecule has 1 N–H and O–H groups in total. The normalized spacial score (nSPS) is 12.2. The Morgan fingerprint density at radius 2 is 1.86 bits per heavy atom. The second-order valence-electron chi connectivity index (χ2n) is 6.21. The van der Waals surface area contributed by atoms with Crippen molar-refractivity contribution < 1.29 is 4.79 Å². The van der Waals surface area contributed by atoms with Crippen LogP contribution in [-0.2, 0) is 10.5 Å². The van der Waals surface area contributed by atoms with Gasteiger partial charge in [0.25, 0.3) is 5.91 Å². The fourth-order valence-electron chi connectivity index (χ4n) is 2.57. The number of aromatic nitrogens is 2. The summed E-state index contributed by atoms with van der Waals surface area (Å²) in [7, 11) is 0. The summed E-state index contributed by atoms with van der Waals surface area (Å²) in [6.07, 6.45) is 1.54. The van der Waals surface area contributed by atoms with Crippen LogP contribution in [0, 0.1) is 6.92 Å². The number of rotatable bonds is 7. The molecule has 3 rings (SSSR count). The lowest BCUT2D eigenvalue weighted by molar-refractivity contribution is -0.120. The third-order valence-corrected chi connectivity index (χ3v) is 5.69. The van der Waals surface area contributed by atoms with Gasteiger partial charge in [-0.3, -0.25) is 4.79 Å².